The largest absolute Gasteiger partial charge is 0.375 e. The van der Waals surface area contributed by atoms with Crippen LogP contribution in [0.1, 0.15) is 6.92 Å². The highest BCUT2D eigenvalue weighted by molar-refractivity contribution is 7.90. The summed E-state index contributed by atoms with van der Waals surface area (Å²) >= 11 is 0. The van der Waals surface area contributed by atoms with Crippen LogP contribution in [0.2, 0.25) is 0 Å². The molecule has 0 heterocycles. The van der Waals surface area contributed by atoms with Crippen LogP contribution in [0.15, 0.2) is 4.91 Å². The summed E-state index contributed by atoms with van der Waals surface area (Å²) in [5.74, 6) is 1.08. The number of hydrogen-bond donors (Lipinski definition) is 1. The van der Waals surface area contributed by atoms with E-state index in [1.165, 1.54) is 0 Å². The number of carbonyl (C=O) groups excluding carboxylic acids is 1. The van der Waals surface area contributed by atoms with Crippen molar-refractivity contribution in [1.82, 2.24) is 0 Å². The van der Waals surface area contributed by atoms with Gasteiger partial charge in [-0.1, -0.05) is 0 Å². The van der Waals surface area contributed by atoms with Gasteiger partial charge >= 0.3 is 10.1 Å². The molecule has 1 N–H and O–H groups in total. The third-order valence-electron chi connectivity index (χ3n) is 0.862. The first-order valence-electron chi connectivity index (χ1n) is 2.81. The van der Waals surface area contributed by atoms with E-state index in [1.54, 1.807) is 6.92 Å². The molecular weight excluding hydrogens is 172 g/mol. The average molecular weight is 180 g/mol. The fourth-order valence-electron chi connectivity index (χ4n) is 0.351. The van der Waals surface area contributed by atoms with E-state index >= 15 is 0 Å². The summed E-state index contributed by atoms with van der Waals surface area (Å²) in [6, 6.07) is 0. The summed E-state index contributed by atoms with van der Waals surface area (Å²) in [6.07, 6.45) is 0. The van der Waals surface area contributed by atoms with Gasteiger partial charge < -0.3 is 4.74 Å². The van der Waals surface area contributed by atoms with Crippen molar-refractivity contribution in [3.05, 3.63) is 4.91 Å². The van der Waals surface area contributed by atoms with E-state index in [4.69, 9.17) is 4.55 Å². The lowest BCUT2D eigenvalue weighted by atomic mass is 10.7. The van der Waals surface area contributed by atoms with Gasteiger partial charge in [0.1, 0.15) is 5.94 Å². The molecule has 0 atom stereocenters. The van der Waals surface area contributed by atoms with Gasteiger partial charge in [0, 0.05) is 6.61 Å². The Kier molecular flexibility index (Phi) is 3.99. The average Bonchev–Trinajstić information content (AvgIpc) is 1.87. The Hall–Kier alpha value is -0.680. The molecule has 0 amide bonds. The minimum Gasteiger partial charge on any atom is -0.375 e. The van der Waals surface area contributed by atoms with Crippen molar-refractivity contribution in [3.8, 4) is 0 Å². The maximum atomic E-state index is 10.2. The molecule has 0 rings (SSSR count). The van der Waals surface area contributed by atoms with Crippen molar-refractivity contribution in [2.24, 2.45) is 0 Å². The van der Waals surface area contributed by atoms with E-state index < -0.39 is 21.6 Å². The van der Waals surface area contributed by atoms with E-state index in [0.29, 0.717) is 0 Å². The van der Waals surface area contributed by atoms with Gasteiger partial charge in [0.2, 0.25) is 0 Å². The maximum absolute atomic E-state index is 10.2. The predicted molar refractivity (Wildman–Crippen MR) is 37.2 cm³/mol. The Morgan fingerprint density at radius 1 is 1.64 bits per heavy atom. The van der Waals surface area contributed by atoms with Crippen molar-refractivity contribution >= 4 is 16.1 Å². The molecule has 0 spiro atoms. The van der Waals surface area contributed by atoms with Gasteiger partial charge in [-0.05, 0) is 6.92 Å². The summed E-state index contributed by atoms with van der Waals surface area (Å²) in [4.78, 5) is 9.10. The van der Waals surface area contributed by atoms with Crippen LogP contribution < -0.4 is 0 Å². The zero-order chi connectivity index (χ0) is 8.91. The van der Waals surface area contributed by atoms with Crippen LogP contribution in [0.5, 0.6) is 0 Å². The zero-order valence-corrected chi connectivity index (χ0v) is 6.72. The van der Waals surface area contributed by atoms with Crippen molar-refractivity contribution in [2.45, 2.75) is 6.92 Å². The molecule has 0 aliphatic carbocycles. The first kappa shape index (κ1) is 10.3. The lowest BCUT2D eigenvalue weighted by Crippen LogP contribution is -2.09. The van der Waals surface area contributed by atoms with Crippen LogP contribution in [-0.2, 0) is 19.6 Å². The third-order valence-corrected chi connectivity index (χ3v) is 1.69. The number of hydrogen-bond acceptors (Lipinski definition) is 4. The van der Waals surface area contributed by atoms with Crippen molar-refractivity contribution in [3.63, 3.8) is 0 Å². The molecule has 0 bridgehead atoms. The Labute approximate surface area is 64.4 Å². The highest BCUT2D eigenvalue weighted by Crippen LogP contribution is 1.98. The molecule has 0 aliphatic heterocycles. The second kappa shape index (κ2) is 4.25. The first-order chi connectivity index (χ1) is 5.02. The summed E-state index contributed by atoms with van der Waals surface area (Å²) in [7, 11) is -4.42. The molecule has 6 heteroatoms. The van der Waals surface area contributed by atoms with Crippen LogP contribution in [0, 0.1) is 0 Å². The Morgan fingerprint density at radius 3 is 2.45 bits per heavy atom. The van der Waals surface area contributed by atoms with Crippen molar-refractivity contribution in [2.75, 3.05) is 13.2 Å². The van der Waals surface area contributed by atoms with E-state index in [2.05, 4.69) is 4.74 Å². The molecule has 0 saturated carbocycles. The molecule has 64 valence electrons. The Morgan fingerprint density at radius 2 is 2.18 bits per heavy atom. The van der Waals surface area contributed by atoms with E-state index in [9.17, 15) is 13.2 Å². The summed E-state index contributed by atoms with van der Waals surface area (Å²) in [6.45, 7) is 1.46. The highest BCUT2D eigenvalue weighted by Gasteiger charge is 2.14. The van der Waals surface area contributed by atoms with Crippen LogP contribution in [-0.4, -0.2) is 32.1 Å². The van der Waals surface area contributed by atoms with Crippen LogP contribution in [0.4, 0.5) is 0 Å². The highest BCUT2D eigenvalue weighted by atomic mass is 32.2. The van der Waals surface area contributed by atoms with Crippen LogP contribution >= 0.6 is 0 Å². The second-order valence-corrected chi connectivity index (χ2v) is 3.08. The molecule has 0 aliphatic rings. The van der Waals surface area contributed by atoms with Crippen molar-refractivity contribution in [1.29, 1.82) is 0 Å². The molecule has 0 saturated heterocycles. The molecule has 0 radical (unpaired) electrons. The molecule has 0 aromatic carbocycles. The SMILES string of the molecule is CCOCC(=C=O)S(=O)(=O)O. The quantitative estimate of drug-likeness (QED) is 0.471. The first-order valence-corrected chi connectivity index (χ1v) is 4.25. The predicted octanol–water partition coefficient (Wildman–Crippen LogP) is -0.374. The van der Waals surface area contributed by atoms with E-state index in [1.807, 2.05) is 0 Å². The molecule has 0 aromatic heterocycles. The smallest absolute Gasteiger partial charge is 0.303 e. The normalized spacial score (nSPS) is 10.7. The number of rotatable bonds is 4. The van der Waals surface area contributed by atoms with E-state index in [0.717, 1.165) is 5.94 Å². The lowest BCUT2D eigenvalue weighted by Gasteiger charge is -1.97. The standard InChI is InChI=1S/C5H8O5S/c1-2-10-4-5(3-6)11(7,8)9/h2,4H2,1H3,(H,7,8,9). The minimum atomic E-state index is -4.42. The maximum Gasteiger partial charge on any atom is 0.303 e. The molecule has 0 aromatic rings. The minimum absolute atomic E-state index is 0.265. The monoisotopic (exact) mass is 180 g/mol. The topological polar surface area (TPSA) is 80.7 Å². The van der Waals surface area contributed by atoms with Gasteiger partial charge in [-0.15, -0.1) is 0 Å². The molecule has 11 heavy (non-hydrogen) atoms. The van der Waals surface area contributed by atoms with Gasteiger partial charge in [0.15, 0.2) is 4.91 Å². The lowest BCUT2D eigenvalue weighted by molar-refractivity contribution is 0.174. The molecule has 0 fully saturated rings. The Balaban J connectivity index is 4.36. The fraction of sp³-hybridized carbons (Fsp3) is 0.600. The summed E-state index contributed by atoms with van der Waals surface area (Å²) < 4.78 is 33.4. The van der Waals surface area contributed by atoms with E-state index in [-0.39, 0.29) is 6.61 Å². The number of ether oxygens (including phenoxy) is 1. The second-order valence-electron chi connectivity index (χ2n) is 1.64. The van der Waals surface area contributed by atoms with Gasteiger partial charge in [0.05, 0.1) is 6.61 Å². The zero-order valence-electron chi connectivity index (χ0n) is 5.90. The van der Waals surface area contributed by atoms with Gasteiger partial charge in [-0.25, -0.2) is 4.79 Å². The van der Waals surface area contributed by atoms with Gasteiger partial charge in [0.25, 0.3) is 0 Å². The van der Waals surface area contributed by atoms with Gasteiger partial charge in [-0.2, -0.15) is 8.42 Å². The summed E-state index contributed by atoms with van der Waals surface area (Å²) in [5.41, 5.74) is 0. The van der Waals surface area contributed by atoms with Gasteiger partial charge in [-0.3, -0.25) is 4.55 Å². The Bertz CT molecular complexity index is 259. The van der Waals surface area contributed by atoms with Crippen LogP contribution in [0.3, 0.4) is 0 Å². The third kappa shape index (κ3) is 3.90. The fourth-order valence-corrected chi connectivity index (χ4v) is 0.689. The molecule has 0 unspecified atom stereocenters. The van der Waals surface area contributed by atoms with Crippen molar-refractivity contribution < 1.29 is 22.5 Å². The van der Waals surface area contributed by atoms with Crippen LogP contribution in [0.25, 0.3) is 0 Å². The molecule has 5 nitrogen and oxygen atoms in total. The summed E-state index contributed by atoms with van der Waals surface area (Å²) in [5, 5.41) is 0. The molecular formula is C5H8O5S.